The van der Waals surface area contributed by atoms with Crippen molar-refractivity contribution in [1.29, 1.82) is 0 Å². The van der Waals surface area contributed by atoms with Crippen LogP contribution in [0.5, 0.6) is 11.5 Å². The van der Waals surface area contributed by atoms with Gasteiger partial charge in [-0.1, -0.05) is 30.3 Å². The number of aliphatic hydroxyl groups is 1. The van der Waals surface area contributed by atoms with Gasteiger partial charge in [-0.05, 0) is 54.1 Å². The molecule has 4 amide bonds. The van der Waals surface area contributed by atoms with Crippen molar-refractivity contribution in [2.24, 2.45) is 0 Å². The summed E-state index contributed by atoms with van der Waals surface area (Å²) < 4.78 is 32.8. The van der Waals surface area contributed by atoms with Crippen molar-refractivity contribution in [1.82, 2.24) is 20.3 Å². The third-order valence-corrected chi connectivity index (χ3v) is 8.51. The Labute approximate surface area is 237 Å². The average Bonchev–Trinajstić information content (AvgIpc) is 2.98. The molecule has 2 aliphatic rings. The van der Waals surface area contributed by atoms with Crippen LogP contribution in [-0.2, 0) is 25.2 Å². The second-order valence-corrected chi connectivity index (χ2v) is 11.2. The van der Waals surface area contributed by atoms with Gasteiger partial charge in [0.2, 0.25) is 15.6 Å². The Bertz CT molecular complexity index is 1500. The van der Waals surface area contributed by atoms with Crippen molar-refractivity contribution in [3.8, 4) is 11.5 Å². The van der Waals surface area contributed by atoms with Gasteiger partial charge >= 0.3 is 6.03 Å². The maximum atomic E-state index is 13.4. The van der Waals surface area contributed by atoms with E-state index in [1.807, 2.05) is 35.2 Å². The number of urea groups is 1. The number of benzene rings is 3. The maximum absolute atomic E-state index is 13.4. The first-order chi connectivity index (χ1) is 19.7. The van der Waals surface area contributed by atoms with Crippen molar-refractivity contribution in [2.45, 2.75) is 10.4 Å². The molecule has 2 fully saturated rings. The van der Waals surface area contributed by atoms with Crippen LogP contribution in [0.25, 0.3) is 0 Å². The molecule has 0 bridgehead atoms. The Hall–Kier alpha value is -4.30. The van der Waals surface area contributed by atoms with Crippen LogP contribution in [0, 0.1) is 0 Å². The number of barbiturate groups is 1. The van der Waals surface area contributed by atoms with Gasteiger partial charge in [-0.3, -0.25) is 25.1 Å². The van der Waals surface area contributed by atoms with Crippen LogP contribution in [0.2, 0.25) is 0 Å². The zero-order valence-electron chi connectivity index (χ0n) is 21.9. The van der Waals surface area contributed by atoms with E-state index in [0.29, 0.717) is 43.2 Å². The number of aliphatic hydroxyl groups excluding tert-OH is 1. The summed E-state index contributed by atoms with van der Waals surface area (Å²) in [7, 11) is -3.73. The quantitative estimate of drug-likeness (QED) is 0.273. The smallest absolute Gasteiger partial charge is 0.328 e. The number of carbonyl (C=O) groups excluding carboxylic acids is 3. The Kier molecular flexibility index (Phi) is 8.03. The third kappa shape index (κ3) is 5.65. The topological polar surface area (TPSA) is 157 Å². The summed E-state index contributed by atoms with van der Waals surface area (Å²) in [5.74, 6) is -0.315. The van der Waals surface area contributed by atoms with Gasteiger partial charge in [0.25, 0.3) is 11.8 Å². The first-order valence-electron chi connectivity index (χ1n) is 12.9. The second-order valence-electron chi connectivity index (χ2n) is 9.48. The molecule has 3 aromatic rings. The maximum Gasteiger partial charge on any atom is 0.328 e. The van der Waals surface area contributed by atoms with Crippen molar-refractivity contribution in [3.63, 3.8) is 0 Å². The molecule has 0 saturated carbocycles. The Morgan fingerprint density at radius 3 is 1.98 bits per heavy atom. The molecule has 5 rings (SSSR count). The van der Waals surface area contributed by atoms with Crippen LogP contribution in [0.4, 0.5) is 10.5 Å². The van der Waals surface area contributed by atoms with Crippen molar-refractivity contribution < 1.29 is 32.6 Å². The summed E-state index contributed by atoms with van der Waals surface area (Å²) in [6, 6.07) is 21.3. The predicted octanol–water partition coefficient (Wildman–Crippen LogP) is 1.13. The van der Waals surface area contributed by atoms with Crippen molar-refractivity contribution >= 4 is 33.6 Å². The highest BCUT2D eigenvalue weighted by atomic mass is 32.2. The monoisotopic (exact) mass is 579 g/mol. The van der Waals surface area contributed by atoms with Gasteiger partial charge in [-0.25, -0.2) is 17.9 Å². The van der Waals surface area contributed by atoms with Gasteiger partial charge in [0.05, 0.1) is 11.5 Å². The molecule has 0 atom stereocenters. The van der Waals surface area contributed by atoms with E-state index in [4.69, 9.17) is 9.84 Å². The number of ether oxygens (including phenoxy) is 1. The van der Waals surface area contributed by atoms with Crippen LogP contribution in [0.3, 0.4) is 0 Å². The Balaban J connectivity index is 1.36. The van der Waals surface area contributed by atoms with E-state index in [9.17, 15) is 22.8 Å². The number of hydrogen-bond acceptors (Lipinski definition) is 9. The lowest BCUT2D eigenvalue weighted by Gasteiger charge is -2.47. The molecule has 214 valence electrons. The highest BCUT2D eigenvalue weighted by Crippen LogP contribution is 2.35. The number of hydrogen-bond donors (Lipinski definition) is 4. The van der Waals surface area contributed by atoms with E-state index in [-0.39, 0.29) is 18.0 Å². The van der Waals surface area contributed by atoms with Gasteiger partial charge in [0, 0.05) is 38.4 Å². The summed E-state index contributed by atoms with van der Waals surface area (Å²) in [5.41, 5.74) is -0.615. The molecule has 2 heterocycles. The van der Waals surface area contributed by atoms with Crippen LogP contribution in [0.15, 0.2) is 83.8 Å². The first kappa shape index (κ1) is 28.2. The zero-order chi connectivity index (χ0) is 29.0. The van der Waals surface area contributed by atoms with E-state index in [0.717, 1.165) is 5.69 Å². The number of piperazine rings is 1. The highest BCUT2D eigenvalue weighted by molar-refractivity contribution is 7.89. The van der Waals surface area contributed by atoms with Gasteiger partial charge in [-0.15, -0.1) is 0 Å². The zero-order valence-corrected chi connectivity index (χ0v) is 22.8. The Morgan fingerprint density at radius 1 is 0.805 bits per heavy atom. The number of sulfonamides is 1. The minimum absolute atomic E-state index is 0.0761. The summed E-state index contributed by atoms with van der Waals surface area (Å²) in [5, 5.41) is 13.4. The van der Waals surface area contributed by atoms with E-state index in [1.165, 1.54) is 12.1 Å². The largest absolute Gasteiger partial charge is 0.457 e. The van der Waals surface area contributed by atoms with Crippen molar-refractivity contribution in [2.75, 3.05) is 44.2 Å². The average molecular weight is 580 g/mol. The fourth-order valence-electron chi connectivity index (χ4n) is 5.04. The third-order valence-electron chi connectivity index (χ3n) is 7.03. The van der Waals surface area contributed by atoms with Crippen LogP contribution < -0.4 is 25.0 Å². The van der Waals surface area contributed by atoms with Crippen LogP contribution in [-0.4, -0.2) is 75.6 Å². The molecular weight excluding hydrogens is 550 g/mol. The van der Waals surface area contributed by atoms with Gasteiger partial charge in [0.1, 0.15) is 11.5 Å². The summed E-state index contributed by atoms with van der Waals surface area (Å²) in [4.78, 5) is 42.6. The number of nitrogens with zero attached hydrogens (tertiary/aromatic N) is 2. The molecule has 0 spiro atoms. The molecule has 0 unspecified atom stereocenters. The van der Waals surface area contributed by atoms with Crippen LogP contribution in [0.1, 0.15) is 5.56 Å². The van der Waals surface area contributed by atoms with E-state index >= 15 is 0 Å². The lowest BCUT2D eigenvalue weighted by Crippen LogP contribution is -2.73. The number of amides is 4. The molecule has 0 aromatic heterocycles. The standard InChI is InChI=1S/C28H29N5O7S/c34-19-14-29-41(38,39)24-12-8-21(9-13-24)32-15-17-33(18-16-32)28(25(35)30-27(37)31-26(28)36)20-6-10-23(11-7-20)40-22-4-2-1-3-5-22/h1-13,29,34H,14-19H2,(H2,30,31,35,36,37). The molecule has 41 heavy (non-hydrogen) atoms. The molecule has 3 aromatic carbocycles. The van der Waals surface area contributed by atoms with E-state index in [1.54, 1.807) is 41.3 Å². The number of anilines is 1. The summed E-state index contributed by atoms with van der Waals surface area (Å²) in [6.07, 6.45) is 0. The molecule has 2 aliphatic heterocycles. The Morgan fingerprint density at radius 2 is 1.39 bits per heavy atom. The SMILES string of the molecule is O=C1NC(=O)C(c2ccc(Oc3ccccc3)cc2)(N2CCN(c3ccc(S(=O)(=O)NCCO)cc3)CC2)C(=O)N1. The number of carbonyl (C=O) groups is 3. The molecule has 4 N–H and O–H groups in total. The number of rotatable bonds is 9. The summed E-state index contributed by atoms with van der Waals surface area (Å²) >= 11 is 0. The minimum atomic E-state index is -3.73. The van der Waals surface area contributed by atoms with Gasteiger partial charge in [-0.2, -0.15) is 0 Å². The molecule has 2 saturated heterocycles. The normalized spacial score (nSPS) is 17.6. The molecule has 0 radical (unpaired) electrons. The van der Waals surface area contributed by atoms with Crippen molar-refractivity contribution in [3.05, 3.63) is 84.4 Å². The van der Waals surface area contributed by atoms with Gasteiger partial charge < -0.3 is 14.7 Å². The second kappa shape index (κ2) is 11.7. The number of imide groups is 2. The molecule has 12 nitrogen and oxygen atoms in total. The predicted molar refractivity (Wildman–Crippen MR) is 149 cm³/mol. The molecular formula is C28H29N5O7S. The fraction of sp³-hybridized carbons (Fsp3) is 0.250. The van der Waals surface area contributed by atoms with E-state index in [2.05, 4.69) is 15.4 Å². The minimum Gasteiger partial charge on any atom is -0.457 e. The van der Waals surface area contributed by atoms with Gasteiger partial charge in [0.15, 0.2) is 0 Å². The first-order valence-corrected chi connectivity index (χ1v) is 14.4. The van der Waals surface area contributed by atoms with Crippen LogP contribution >= 0.6 is 0 Å². The molecule has 0 aliphatic carbocycles. The van der Waals surface area contributed by atoms with E-state index < -0.39 is 33.4 Å². The highest BCUT2D eigenvalue weighted by Gasteiger charge is 2.56. The molecule has 13 heteroatoms. The number of para-hydroxylation sites is 1. The summed E-state index contributed by atoms with van der Waals surface area (Å²) in [6.45, 7) is 1.08. The fourth-order valence-corrected chi connectivity index (χ4v) is 6.06. The lowest BCUT2D eigenvalue weighted by molar-refractivity contribution is -0.149. The number of nitrogens with one attached hydrogen (secondary N) is 3. The lowest BCUT2D eigenvalue weighted by atomic mass is 9.84.